The van der Waals surface area contributed by atoms with E-state index in [1.54, 1.807) is 14.0 Å². The molecule has 0 bridgehead atoms. The number of carbonyl (C=O) groups is 1. The molecule has 3 N–H and O–H groups in total. The van der Waals surface area contributed by atoms with Gasteiger partial charge in [0, 0.05) is 13.5 Å². The lowest BCUT2D eigenvalue weighted by atomic mass is 10.1. The Bertz CT molecular complexity index is 172. The molecule has 18 heavy (non-hydrogen) atoms. The minimum atomic E-state index is -0.661. The van der Waals surface area contributed by atoms with Crippen LogP contribution in [0, 0.1) is 0 Å². The van der Waals surface area contributed by atoms with Gasteiger partial charge in [0.15, 0.2) is 0 Å². The number of hydrogen-bond donors (Lipinski definition) is 2. The number of carboxylic acid groups (broad SMARTS) is 1. The van der Waals surface area contributed by atoms with Crippen LogP contribution in [-0.4, -0.2) is 24.4 Å². The Hall–Kier alpha value is -0.610. The number of ether oxygens (including phenoxy) is 1. The van der Waals surface area contributed by atoms with Gasteiger partial charge < -0.3 is 15.6 Å². The van der Waals surface area contributed by atoms with Gasteiger partial charge in [-0.05, 0) is 13.3 Å². The molecule has 0 fully saturated rings. The molecule has 0 saturated carbocycles. The zero-order valence-corrected chi connectivity index (χ0v) is 12.3. The third-order valence-electron chi connectivity index (χ3n) is 2.62. The number of carboxylic acids is 1. The van der Waals surface area contributed by atoms with E-state index in [-0.39, 0.29) is 6.23 Å². The molecule has 0 aromatic heterocycles. The van der Waals surface area contributed by atoms with Gasteiger partial charge in [0.1, 0.15) is 6.23 Å². The van der Waals surface area contributed by atoms with E-state index >= 15 is 0 Å². The summed E-state index contributed by atoms with van der Waals surface area (Å²) in [6.07, 6.45) is 9.94. The van der Waals surface area contributed by atoms with Gasteiger partial charge in [-0.25, -0.2) is 0 Å². The van der Waals surface area contributed by atoms with E-state index in [2.05, 4.69) is 11.7 Å². The second-order valence-electron chi connectivity index (χ2n) is 4.56. The van der Waals surface area contributed by atoms with Crippen LogP contribution < -0.4 is 5.73 Å². The average molecular weight is 261 g/mol. The Labute approximate surface area is 112 Å². The summed E-state index contributed by atoms with van der Waals surface area (Å²) in [5.41, 5.74) is 5.07. The third kappa shape index (κ3) is 24.6. The summed E-state index contributed by atoms with van der Waals surface area (Å²) in [4.78, 5) is 10.2. The molecule has 0 spiro atoms. The van der Waals surface area contributed by atoms with Crippen molar-refractivity contribution in [3.63, 3.8) is 0 Å². The lowest BCUT2D eigenvalue weighted by Crippen LogP contribution is -2.15. The highest BCUT2D eigenvalue weighted by molar-refractivity contribution is 5.66. The van der Waals surface area contributed by atoms with Crippen LogP contribution in [0.2, 0.25) is 0 Å². The van der Waals surface area contributed by atoms with E-state index in [1.165, 1.54) is 38.5 Å². The minimum absolute atomic E-state index is 0.116. The molecule has 0 rings (SSSR count). The maximum absolute atomic E-state index is 10.2. The first-order valence-electron chi connectivity index (χ1n) is 7.04. The van der Waals surface area contributed by atoms with Gasteiger partial charge in [-0.3, -0.25) is 4.79 Å². The highest BCUT2D eigenvalue weighted by Gasteiger charge is 1.95. The monoisotopic (exact) mass is 261 g/mol. The maximum Gasteiger partial charge on any atom is 0.303 e. The normalized spacial score (nSPS) is 11.6. The van der Waals surface area contributed by atoms with Gasteiger partial charge in [-0.2, -0.15) is 0 Å². The SMILES string of the molecule is CCCCCCCCCCC(=O)O.COC(C)N. The van der Waals surface area contributed by atoms with Crippen LogP contribution in [0.4, 0.5) is 0 Å². The zero-order valence-electron chi connectivity index (χ0n) is 12.3. The van der Waals surface area contributed by atoms with Crippen LogP contribution >= 0.6 is 0 Å². The predicted octanol–water partition coefficient (Wildman–Crippen LogP) is 3.54. The molecule has 4 heteroatoms. The van der Waals surface area contributed by atoms with Crippen molar-refractivity contribution in [2.75, 3.05) is 7.11 Å². The molecule has 0 aliphatic rings. The summed E-state index contributed by atoms with van der Waals surface area (Å²) in [5, 5.41) is 8.39. The Morgan fingerprint density at radius 2 is 1.50 bits per heavy atom. The molecule has 0 aliphatic carbocycles. The summed E-state index contributed by atoms with van der Waals surface area (Å²) in [7, 11) is 1.57. The predicted molar refractivity (Wildman–Crippen MR) is 75.5 cm³/mol. The van der Waals surface area contributed by atoms with E-state index < -0.39 is 5.97 Å². The molecule has 0 saturated heterocycles. The van der Waals surface area contributed by atoms with Gasteiger partial charge >= 0.3 is 5.97 Å². The van der Waals surface area contributed by atoms with Gasteiger partial charge in [0.25, 0.3) is 0 Å². The molecule has 1 atom stereocenters. The summed E-state index contributed by atoms with van der Waals surface area (Å²) < 4.78 is 4.53. The van der Waals surface area contributed by atoms with Crippen molar-refractivity contribution in [3.8, 4) is 0 Å². The van der Waals surface area contributed by atoms with E-state index in [4.69, 9.17) is 10.8 Å². The van der Waals surface area contributed by atoms with Gasteiger partial charge in [-0.15, -0.1) is 0 Å². The first-order valence-corrected chi connectivity index (χ1v) is 7.04. The van der Waals surface area contributed by atoms with Crippen molar-refractivity contribution in [2.24, 2.45) is 5.73 Å². The van der Waals surface area contributed by atoms with Gasteiger partial charge in [0.2, 0.25) is 0 Å². The second-order valence-corrected chi connectivity index (χ2v) is 4.56. The molecule has 0 aliphatic heterocycles. The summed E-state index contributed by atoms with van der Waals surface area (Å²) in [5.74, 6) is -0.661. The van der Waals surface area contributed by atoms with Crippen molar-refractivity contribution in [1.82, 2.24) is 0 Å². The third-order valence-corrected chi connectivity index (χ3v) is 2.62. The first-order chi connectivity index (χ1) is 8.54. The number of hydrogen-bond acceptors (Lipinski definition) is 3. The largest absolute Gasteiger partial charge is 0.481 e. The fourth-order valence-corrected chi connectivity index (χ4v) is 1.41. The van der Waals surface area contributed by atoms with Gasteiger partial charge in [0.05, 0.1) is 0 Å². The summed E-state index contributed by atoms with van der Waals surface area (Å²) in [6, 6.07) is 0. The zero-order chi connectivity index (χ0) is 14.2. The number of nitrogens with two attached hydrogens (primary N) is 1. The number of rotatable bonds is 10. The van der Waals surface area contributed by atoms with Crippen molar-refractivity contribution >= 4 is 5.97 Å². The molecule has 0 aromatic rings. The molecular formula is C14H31NO3. The molecule has 0 amide bonds. The Morgan fingerprint density at radius 3 is 1.83 bits per heavy atom. The smallest absolute Gasteiger partial charge is 0.303 e. The first kappa shape index (κ1) is 19.7. The highest BCUT2D eigenvalue weighted by atomic mass is 16.5. The molecular weight excluding hydrogens is 230 g/mol. The topological polar surface area (TPSA) is 72.5 Å². The minimum Gasteiger partial charge on any atom is -0.481 e. The van der Waals surface area contributed by atoms with Crippen molar-refractivity contribution < 1.29 is 14.6 Å². The van der Waals surface area contributed by atoms with Crippen LogP contribution in [0.5, 0.6) is 0 Å². The van der Waals surface area contributed by atoms with E-state index in [9.17, 15) is 4.79 Å². The lowest BCUT2D eigenvalue weighted by molar-refractivity contribution is -0.137. The van der Waals surface area contributed by atoms with Gasteiger partial charge in [-0.1, -0.05) is 51.9 Å². The van der Waals surface area contributed by atoms with Crippen LogP contribution in [-0.2, 0) is 9.53 Å². The molecule has 0 aromatic carbocycles. The lowest BCUT2D eigenvalue weighted by Gasteiger charge is -1.99. The van der Waals surface area contributed by atoms with Crippen LogP contribution in [0.15, 0.2) is 0 Å². The van der Waals surface area contributed by atoms with Crippen LogP contribution in [0.1, 0.15) is 71.6 Å². The standard InChI is InChI=1S/C11H22O2.C3H9NO/c1-2-3-4-5-6-7-8-9-10-11(12)13;1-3(4)5-2/h2-10H2,1H3,(H,12,13);3H,4H2,1-2H3. The Morgan fingerprint density at radius 1 is 1.11 bits per heavy atom. The van der Waals surface area contributed by atoms with E-state index in [0.717, 1.165) is 12.8 Å². The Balaban J connectivity index is 0. The van der Waals surface area contributed by atoms with Crippen molar-refractivity contribution in [2.45, 2.75) is 77.9 Å². The quantitative estimate of drug-likeness (QED) is 0.466. The Kier molecular flexibility index (Phi) is 18.0. The summed E-state index contributed by atoms with van der Waals surface area (Å²) in [6.45, 7) is 3.99. The van der Waals surface area contributed by atoms with E-state index in [1.807, 2.05) is 0 Å². The molecule has 0 heterocycles. The fourth-order valence-electron chi connectivity index (χ4n) is 1.41. The fraction of sp³-hybridized carbons (Fsp3) is 0.929. The highest BCUT2D eigenvalue weighted by Crippen LogP contribution is 2.09. The number of methoxy groups -OCH3 is 1. The van der Waals surface area contributed by atoms with Crippen LogP contribution in [0.25, 0.3) is 0 Å². The van der Waals surface area contributed by atoms with Crippen LogP contribution in [0.3, 0.4) is 0 Å². The average Bonchev–Trinajstić information content (AvgIpc) is 2.33. The molecule has 110 valence electrons. The van der Waals surface area contributed by atoms with E-state index in [0.29, 0.717) is 6.42 Å². The molecule has 4 nitrogen and oxygen atoms in total. The van der Waals surface area contributed by atoms with Crippen molar-refractivity contribution in [1.29, 1.82) is 0 Å². The summed E-state index contributed by atoms with van der Waals surface area (Å²) >= 11 is 0. The second kappa shape index (κ2) is 16.4. The maximum atomic E-state index is 10.2. The molecule has 0 radical (unpaired) electrons. The number of unbranched alkanes of at least 4 members (excludes halogenated alkanes) is 7. The van der Waals surface area contributed by atoms with Crippen molar-refractivity contribution in [3.05, 3.63) is 0 Å². The number of aliphatic carboxylic acids is 1. The molecule has 1 unspecified atom stereocenters.